The van der Waals surface area contributed by atoms with Gasteiger partial charge in [0, 0.05) is 25.0 Å². The Morgan fingerprint density at radius 3 is 2.47 bits per heavy atom. The maximum Gasteiger partial charge on any atom is 0.267 e. The molecule has 0 aliphatic carbocycles. The number of sulfonamides is 1. The summed E-state index contributed by atoms with van der Waals surface area (Å²) in [6.45, 7) is 2.90. The summed E-state index contributed by atoms with van der Waals surface area (Å²) in [5.74, 6) is -0.279. The zero-order valence-electron chi connectivity index (χ0n) is 16.5. The predicted octanol–water partition coefficient (Wildman–Crippen LogP) is 3.94. The molecule has 2 aromatic heterocycles. The fourth-order valence-electron chi connectivity index (χ4n) is 3.36. The number of pyridine rings is 1. The van der Waals surface area contributed by atoms with Gasteiger partial charge < -0.3 is 5.32 Å². The third-order valence-electron chi connectivity index (χ3n) is 4.95. The van der Waals surface area contributed by atoms with Gasteiger partial charge >= 0.3 is 0 Å². The lowest BCUT2D eigenvalue weighted by atomic mass is 10.2. The van der Waals surface area contributed by atoms with E-state index < -0.39 is 10.0 Å². The molecule has 7 nitrogen and oxygen atoms in total. The molecule has 1 aliphatic heterocycles. The van der Waals surface area contributed by atoms with Crippen LogP contribution in [-0.4, -0.2) is 41.7 Å². The van der Waals surface area contributed by atoms with E-state index in [1.165, 1.54) is 15.6 Å². The second-order valence-corrected chi connectivity index (χ2v) is 10.0. The summed E-state index contributed by atoms with van der Waals surface area (Å²) in [5.41, 5.74) is 1.88. The van der Waals surface area contributed by atoms with Gasteiger partial charge in [-0.3, -0.25) is 9.78 Å². The molecular weight excluding hydrogens is 420 g/mol. The van der Waals surface area contributed by atoms with Gasteiger partial charge in [0.2, 0.25) is 10.0 Å². The number of nitrogens with one attached hydrogen (secondary N) is 1. The van der Waals surface area contributed by atoms with E-state index in [2.05, 4.69) is 15.3 Å². The molecular formula is C21H22N4O3S2. The number of thiazole rings is 1. The average molecular weight is 443 g/mol. The van der Waals surface area contributed by atoms with E-state index in [1.54, 1.807) is 37.4 Å². The normalized spacial score (nSPS) is 15.1. The molecule has 3 heterocycles. The van der Waals surface area contributed by atoms with Crippen LogP contribution in [0.5, 0.6) is 0 Å². The lowest BCUT2D eigenvalue weighted by Crippen LogP contribution is -2.35. The Balaban J connectivity index is 1.49. The fraction of sp³-hybridized carbons (Fsp3) is 0.286. The molecule has 0 bridgehead atoms. The van der Waals surface area contributed by atoms with Gasteiger partial charge in [-0.15, -0.1) is 11.3 Å². The number of aromatic nitrogens is 2. The lowest BCUT2D eigenvalue weighted by Gasteiger charge is -2.25. The molecule has 4 rings (SSSR count). The fourth-order valence-corrected chi connectivity index (χ4v) is 5.81. The first-order valence-corrected chi connectivity index (χ1v) is 12.0. The first-order valence-electron chi connectivity index (χ1n) is 9.75. The van der Waals surface area contributed by atoms with E-state index in [0.29, 0.717) is 34.4 Å². The van der Waals surface area contributed by atoms with Crippen molar-refractivity contribution in [3.8, 4) is 10.7 Å². The van der Waals surface area contributed by atoms with Gasteiger partial charge in [-0.2, -0.15) is 4.31 Å². The van der Waals surface area contributed by atoms with E-state index in [1.807, 2.05) is 18.2 Å². The number of carbonyl (C=O) groups is 1. The molecule has 0 spiro atoms. The van der Waals surface area contributed by atoms with E-state index in [0.717, 1.165) is 25.0 Å². The molecule has 0 radical (unpaired) electrons. The maximum absolute atomic E-state index is 12.8. The van der Waals surface area contributed by atoms with Crippen molar-refractivity contribution in [3.63, 3.8) is 0 Å². The number of benzene rings is 1. The summed E-state index contributed by atoms with van der Waals surface area (Å²) in [5, 5.41) is 3.51. The van der Waals surface area contributed by atoms with Crippen LogP contribution in [0, 0.1) is 6.92 Å². The first-order chi connectivity index (χ1) is 14.4. The molecule has 9 heteroatoms. The molecule has 1 fully saturated rings. The number of hydrogen-bond donors (Lipinski definition) is 1. The molecule has 30 heavy (non-hydrogen) atoms. The summed E-state index contributed by atoms with van der Waals surface area (Å²) in [6.07, 6.45) is 4.53. The highest BCUT2D eigenvalue weighted by Gasteiger charge is 2.26. The third-order valence-corrected chi connectivity index (χ3v) is 8.04. The lowest BCUT2D eigenvalue weighted by molar-refractivity contribution is 0.103. The molecule has 1 saturated heterocycles. The number of aryl methyl sites for hydroxylation is 1. The largest absolute Gasteiger partial charge is 0.321 e. The van der Waals surface area contributed by atoms with Crippen molar-refractivity contribution in [1.29, 1.82) is 0 Å². The first kappa shape index (κ1) is 20.6. The van der Waals surface area contributed by atoms with Crippen LogP contribution >= 0.6 is 11.3 Å². The van der Waals surface area contributed by atoms with Crippen LogP contribution in [0.3, 0.4) is 0 Å². The van der Waals surface area contributed by atoms with Gasteiger partial charge in [0.1, 0.15) is 9.88 Å². The summed E-state index contributed by atoms with van der Waals surface area (Å²) >= 11 is 1.28. The minimum atomic E-state index is -3.49. The number of rotatable bonds is 5. The molecule has 3 aromatic rings. The quantitative estimate of drug-likeness (QED) is 0.646. The van der Waals surface area contributed by atoms with Gasteiger partial charge in [-0.1, -0.05) is 12.5 Å². The van der Waals surface area contributed by atoms with Crippen molar-refractivity contribution < 1.29 is 13.2 Å². The minimum absolute atomic E-state index is 0.244. The Morgan fingerprint density at radius 1 is 1.07 bits per heavy atom. The standard InChI is InChI=1S/C21H22N4O3S2/c1-15-19(29-21(23-15)18-7-3-4-12-22-18)20(26)24-16-8-10-17(11-9-16)30(27,28)25-13-5-2-6-14-25/h3-4,7-12H,2,5-6,13-14H2,1H3,(H,24,26). The molecule has 0 unspecified atom stereocenters. The monoisotopic (exact) mass is 442 g/mol. The van der Waals surface area contributed by atoms with E-state index in [4.69, 9.17) is 0 Å². The van der Waals surface area contributed by atoms with Crippen LogP contribution in [-0.2, 0) is 10.0 Å². The van der Waals surface area contributed by atoms with Crippen LogP contribution in [0.2, 0.25) is 0 Å². The maximum atomic E-state index is 12.8. The Kier molecular flexibility index (Phi) is 5.94. The van der Waals surface area contributed by atoms with E-state index in [-0.39, 0.29) is 10.8 Å². The summed E-state index contributed by atoms with van der Waals surface area (Å²) in [4.78, 5) is 22.2. The zero-order chi connectivity index (χ0) is 21.1. The minimum Gasteiger partial charge on any atom is -0.321 e. The highest BCUT2D eigenvalue weighted by molar-refractivity contribution is 7.89. The Labute approximate surface area is 179 Å². The summed E-state index contributed by atoms with van der Waals surface area (Å²) in [7, 11) is -3.49. The number of anilines is 1. The number of amides is 1. The summed E-state index contributed by atoms with van der Waals surface area (Å²) in [6, 6.07) is 11.9. The molecule has 156 valence electrons. The number of nitrogens with zero attached hydrogens (tertiary/aromatic N) is 3. The van der Waals surface area contributed by atoms with Gasteiger partial charge in [0.25, 0.3) is 5.91 Å². The molecule has 1 amide bonds. The van der Waals surface area contributed by atoms with Crippen molar-refractivity contribution in [2.24, 2.45) is 0 Å². The van der Waals surface area contributed by atoms with Crippen molar-refractivity contribution in [2.75, 3.05) is 18.4 Å². The van der Waals surface area contributed by atoms with Crippen LogP contribution in [0.25, 0.3) is 10.7 Å². The van der Waals surface area contributed by atoms with E-state index >= 15 is 0 Å². The highest BCUT2D eigenvalue weighted by Crippen LogP contribution is 2.27. The molecule has 0 saturated carbocycles. The van der Waals surface area contributed by atoms with Gasteiger partial charge in [0.15, 0.2) is 0 Å². The van der Waals surface area contributed by atoms with Crippen molar-refractivity contribution >= 4 is 33.0 Å². The van der Waals surface area contributed by atoms with Crippen LogP contribution < -0.4 is 5.32 Å². The van der Waals surface area contributed by atoms with Crippen molar-refractivity contribution in [3.05, 3.63) is 59.2 Å². The van der Waals surface area contributed by atoms with Gasteiger partial charge in [0.05, 0.1) is 16.3 Å². The average Bonchev–Trinajstić information content (AvgIpc) is 3.17. The second kappa shape index (κ2) is 8.63. The Bertz CT molecular complexity index is 1140. The third kappa shape index (κ3) is 4.28. The van der Waals surface area contributed by atoms with Crippen molar-refractivity contribution in [2.45, 2.75) is 31.1 Å². The van der Waals surface area contributed by atoms with E-state index in [9.17, 15) is 13.2 Å². The molecule has 1 aromatic carbocycles. The van der Waals surface area contributed by atoms with Gasteiger partial charge in [-0.05, 0) is 56.2 Å². The van der Waals surface area contributed by atoms with Gasteiger partial charge in [-0.25, -0.2) is 13.4 Å². The predicted molar refractivity (Wildman–Crippen MR) is 117 cm³/mol. The zero-order valence-corrected chi connectivity index (χ0v) is 18.2. The van der Waals surface area contributed by atoms with Crippen LogP contribution in [0.1, 0.15) is 34.6 Å². The number of piperidine rings is 1. The Morgan fingerprint density at radius 2 is 1.80 bits per heavy atom. The Hall–Kier alpha value is -2.62. The highest BCUT2D eigenvalue weighted by atomic mass is 32.2. The van der Waals surface area contributed by atoms with Crippen LogP contribution in [0.4, 0.5) is 5.69 Å². The smallest absolute Gasteiger partial charge is 0.267 e. The van der Waals surface area contributed by atoms with Crippen LogP contribution in [0.15, 0.2) is 53.6 Å². The molecule has 1 aliphatic rings. The SMILES string of the molecule is Cc1nc(-c2ccccn2)sc1C(=O)Nc1ccc(S(=O)(=O)N2CCCCC2)cc1. The molecule has 1 N–H and O–H groups in total. The molecule has 0 atom stereocenters. The second-order valence-electron chi connectivity index (χ2n) is 7.09. The summed E-state index contributed by atoms with van der Waals surface area (Å²) < 4.78 is 27.0. The number of carbonyl (C=O) groups excluding carboxylic acids is 1. The number of hydrogen-bond acceptors (Lipinski definition) is 6. The topological polar surface area (TPSA) is 92.3 Å². The van der Waals surface area contributed by atoms with Crippen molar-refractivity contribution in [1.82, 2.24) is 14.3 Å².